The third-order valence-electron chi connectivity index (χ3n) is 3.28. The number of rotatable bonds is 2. The van der Waals surface area contributed by atoms with Gasteiger partial charge in [-0.2, -0.15) is 0 Å². The molecule has 1 aromatic carbocycles. The molecule has 2 rings (SSSR count). The summed E-state index contributed by atoms with van der Waals surface area (Å²) in [5.74, 6) is 0.654. The SMILES string of the molecule is CCC1CC(c2ccc(O)cc2O)CCO1. The predicted octanol–water partition coefficient (Wildman–Crippen LogP) is 2.77. The molecule has 1 fully saturated rings. The monoisotopic (exact) mass is 222 g/mol. The topological polar surface area (TPSA) is 49.7 Å². The van der Waals surface area contributed by atoms with E-state index >= 15 is 0 Å². The van der Waals surface area contributed by atoms with Crippen LogP contribution in [-0.4, -0.2) is 22.9 Å². The Bertz CT molecular complexity index is 362. The molecule has 1 saturated heterocycles. The van der Waals surface area contributed by atoms with E-state index < -0.39 is 0 Å². The van der Waals surface area contributed by atoms with Gasteiger partial charge in [0.05, 0.1) is 6.10 Å². The van der Waals surface area contributed by atoms with Crippen LogP contribution in [-0.2, 0) is 4.74 Å². The molecular formula is C13H18O3. The number of aromatic hydroxyl groups is 2. The maximum atomic E-state index is 9.80. The standard InChI is InChI=1S/C13H18O3/c1-2-11-7-9(5-6-16-11)12-4-3-10(14)8-13(12)15/h3-4,8-9,11,14-15H,2,5-7H2,1H3. The minimum atomic E-state index is 0.111. The maximum Gasteiger partial charge on any atom is 0.122 e. The van der Waals surface area contributed by atoms with Crippen LogP contribution < -0.4 is 0 Å². The molecular weight excluding hydrogens is 204 g/mol. The van der Waals surface area contributed by atoms with E-state index in [1.165, 1.54) is 6.07 Å². The van der Waals surface area contributed by atoms with Gasteiger partial charge in [-0.25, -0.2) is 0 Å². The van der Waals surface area contributed by atoms with E-state index in [2.05, 4.69) is 6.92 Å². The molecule has 1 aliphatic rings. The molecule has 0 aromatic heterocycles. The van der Waals surface area contributed by atoms with E-state index in [-0.39, 0.29) is 11.5 Å². The lowest BCUT2D eigenvalue weighted by atomic mass is 9.87. The Morgan fingerprint density at radius 1 is 1.38 bits per heavy atom. The third-order valence-corrected chi connectivity index (χ3v) is 3.28. The van der Waals surface area contributed by atoms with Gasteiger partial charge in [0.2, 0.25) is 0 Å². The first-order chi connectivity index (χ1) is 7.70. The maximum absolute atomic E-state index is 9.80. The molecule has 0 bridgehead atoms. The van der Waals surface area contributed by atoms with E-state index in [0.29, 0.717) is 12.0 Å². The Morgan fingerprint density at radius 2 is 2.19 bits per heavy atom. The second-order valence-corrected chi connectivity index (χ2v) is 4.37. The van der Waals surface area contributed by atoms with Crippen LogP contribution in [0.5, 0.6) is 11.5 Å². The van der Waals surface area contributed by atoms with E-state index in [4.69, 9.17) is 4.74 Å². The Kier molecular flexibility index (Phi) is 3.34. The quantitative estimate of drug-likeness (QED) is 0.809. The van der Waals surface area contributed by atoms with Crippen LogP contribution in [0, 0.1) is 0 Å². The van der Waals surface area contributed by atoms with Crippen molar-refractivity contribution < 1.29 is 14.9 Å². The van der Waals surface area contributed by atoms with Crippen molar-refractivity contribution in [2.24, 2.45) is 0 Å². The van der Waals surface area contributed by atoms with Crippen molar-refractivity contribution in [3.63, 3.8) is 0 Å². The average Bonchev–Trinajstić information content (AvgIpc) is 2.29. The number of ether oxygens (including phenoxy) is 1. The summed E-state index contributed by atoms with van der Waals surface area (Å²) in [6.45, 7) is 2.87. The van der Waals surface area contributed by atoms with Crippen LogP contribution in [0.1, 0.15) is 37.7 Å². The van der Waals surface area contributed by atoms with Gasteiger partial charge < -0.3 is 14.9 Å². The van der Waals surface area contributed by atoms with Crippen LogP contribution >= 0.6 is 0 Å². The molecule has 3 heteroatoms. The summed E-state index contributed by atoms with van der Waals surface area (Å²) < 4.78 is 5.61. The Hall–Kier alpha value is -1.22. The van der Waals surface area contributed by atoms with Crippen molar-refractivity contribution in [3.8, 4) is 11.5 Å². The minimum Gasteiger partial charge on any atom is -0.508 e. The fourth-order valence-electron chi connectivity index (χ4n) is 2.32. The first-order valence-corrected chi connectivity index (χ1v) is 5.84. The second-order valence-electron chi connectivity index (χ2n) is 4.37. The molecule has 1 aromatic rings. The van der Waals surface area contributed by atoms with Crippen LogP contribution in [0.4, 0.5) is 0 Å². The van der Waals surface area contributed by atoms with Crippen molar-refractivity contribution in [1.29, 1.82) is 0 Å². The molecule has 1 aliphatic heterocycles. The van der Waals surface area contributed by atoms with Crippen LogP contribution in [0.25, 0.3) is 0 Å². The van der Waals surface area contributed by atoms with Crippen molar-refractivity contribution in [1.82, 2.24) is 0 Å². The largest absolute Gasteiger partial charge is 0.508 e. The first-order valence-electron chi connectivity index (χ1n) is 5.84. The summed E-state index contributed by atoms with van der Waals surface area (Å²) >= 11 is 0. The van der Waals surface area contributed by atoms with E-state index in [9.17, 15) is 10.2 Å². The summed E-state index contributed by atoms with van der Waals surface area (Å²) in [6.07, 6.45) is 3.20. The lowest BCUT2D eigenvalue weighted by Gasteiger charge is -2.29. The zero-order chi connectivity index (χ0) is 11.5. The molecule has 0 spiro atoms. The van der Waals surface area contributed by atoms with Gasteiger partial charge in [0.15, 0.2) is 0 Å². The molecule has 2 atom stereocenters. The van der Waals surface area contributed by atoms with Crippen molar-refractivity contribution in [2.75, 3.05) is 6.61 Å². The molecule has 2 unspecified atom stereocenters. The third kappa shape index (κ3) is 2.30. The van der Waals surface area contributed by atoms with Gasteiger partial charge in [0.25, 0.3) is 0 Å². The summed E-state index contributed by atoms with van der Waals surface area (Å²) in [5, 5.41) is 19.1. The van der Waals surface area contributed by atoms with Gasteiger partial charge in [-0.3, -0.25) is 0 Å². The summed E-state index contributed by atoms with van der Waals surface area (Å²) in [4.78, 5) is 0. The fraction of sp³-hybridized carbons (Fsp3) is 0.538. The van der Waals surface area contributed by atoms with Crippen molar-refractivity contribution in [3.05, 3.63) is 23.8 Å². The Balaban J connectivity index is 2.16. The number of hydrogen-bond acceptors (Lipinski definition) is 3. The smallest absolute Gasteiger partial charge is 0.122 e. The number of phenolic OH excluding ortho intramolecular Hbond substituents is 2. The summed E-state index contributed by atoms with van der Waals surface area (Å²) in [5.41, 5.74) is 0.930. The summed E-state index contributed by atoms with van der Waals surface area (Å²) in [6, 6.07) is 4.85. The van der Waals surface area contributed by atoms with Gasteiger partial charge in [0, 0.05) is 12.7 Å². The van der Waals surface area contributed by atoms with Crippen LogP contribution in [0.3, 0.4) is 0 Å². The van der Waals surface area contributed by atoms with Gasteiger partial charge >= 0.3 is 0 Å². The Labute approximate surface area is 95.7 Å². The number of phenols is 2. The highest BCUT2D eigenvalue weighted by atomic mass is 16.5. The van der Waals surface area contributed by atoms with Gasteiger partial charge in [-0.1, -0.05) is 13.0 Å². The lowest BCUT2D eigenvalue weighted by molar-refractivity contribution is 0.00456. The van der Waals surface area contributed by atoms with E-state index in [1.807, 2.05) is 6.07 Å². The molecule has 0 amide bonds. The molecule has 16 heavy (non-hydrogen) atoms. The molecule has 2 N–H and O–H groups in total. The zero-order valence-corrected chi connectivity index (χ0v) is 9.52. The first kappa shape index (κ1) is 11.3. The van der Waals surface area contributed by atoms with Crippen LogP contribution in [0.2, 0.25) is 0 Å². The number of benzene rings is 1. The van der Waals surface area contributed by atoms with Crippen molar-refractivity contribution >= 4 is 0 Å². The van der Waals surface area contributed by atoms with Gasteiger partial charge in [-0.15, -0.1) is 0 Å². The number of hydrogen-bond donors (Lipinski definition) is 2. The Morgan fingerprint density at radius 3 is 2.88 bits per heavy atom. The predicted molar refractivity (Wildman–Crippen MR) is 61.8 cm³/mol. The highest BCUT2D eigenvalue weighted by Crippen LogP contribution is 2.37. The molecule has 0 saturated carbocycles. The highest BCUT2D eigenvalue weighted by molar-refractivity contribution is 5.41. The van der Waals surface area contributed by atoms with E-state index in [1.54, 1.807) is 6.07 Å². The lowest BCUT2D eigenvalue weighted by Crippen LogP contribution is -2.23. The van der Waals surface area contributed by atoms with Gasteiger partial charge in [0.1, 0.15) is 11.5 Å². The molecule has 3 nitrogen and oxygen atoms in total. The highest BCUT2D eigenvalue weighted by Gasteiger charge is 2.24. The van der Waals surface area contributed by atoms with Crippen molar-refractivity contribution in [2.45, 2.75) is 38.2 Å². The normalized spacial score (nSPS) is 25.6. The molecule has 1 heterocycles. The molecule has 88 valence electrons. The minimum absolute atomic E-state index is 0.111. The van der Waals surface area contributed by atoms with E-state index in [0.717, 1.165) is 31.4 Å². The molecule has 0 radical (unpaired) electrons. The van der Waals surface area contributed by atoms with Gasteiger partial charge in [-0.05, 0) is 36.8 Å². The zero-order valence-electron chi connectivity index (χ0n) is 9.52. The fourth-order valence-corrected chi connectivity index (χ4v) is 2.32. The van der Waals surface area contributed by atoms with Crippen LogP contribution in [0.15, 0.2) is 18.2 Å². The summed E-state index contributed by atoms with van der Waals surface area (Å²) in [7, 11) is 0. The molecule has 0 aliphatic carbocycles. The second kappa shape index (κ2) is 4.74. The average molecular weight is 222 g/mol.